The summed E-state index contributed by atoms with van der Waals surface area (Å²) >= 11 is 0. The third kappa shape index (κ3) is 3.47. The number of rotatable bonds is 4. The Labute approximate surface area is 216 Å². The zero-order valence-corrected chi connectivity index (χ0v) is 21.6. The van der Waals surface area contributed by atoms with Gasteiger partial charge in [-0.3, -0.25) is 9.59 Å². The summed E-state index contributed by atoms with van der Waals surface area (Å²) in [6.07, 6.45) is -0.781. The number of Topliss-reactive ketones (excluding diaryl/α,β-unsaturated/α-hetero) is 1. The van der Waals surface area contributed by atoms with Gasteiger partial charge in [-0.25, -0.2) is 4.39 Å². The molecule has 0 aromatic heterocycles. The second-order valence-electron chi connectivity index (χ2n) is 12.5. The fourth-order valence-electron chi connectivity index (χ4n) is 8.71. The van der Waals surface area contributed by atoms with E-state index in [9.17, 15) is 35.1 Å². The molecule has 37 heavy (non-hydrogen) atoms. The van der Waals surface area contributed by atoms with Gasteiger partial charge in [-0.05, 0) is 68.9 Å². The van der Waals surface area contributed by atoms with E-state index in [4.69, 9.17) is 4.74 Å². The van der Waals surface area contributed by atoms with Crippen molar-refractivity contribution in [2.24, 2.45) is 28.6 Å². The molecule has 9 heteroatoms. The van der Waals surface area contributed by atoms with Crippen LogP contribution >= 0.6 is 0 Å². The van der Waals surface area contributed by atoms with E-state index in [1.54, 1.807) is 19.1 Å². The summed E-state index contributed by atoms with van der Waals surface area (Å²) in [5.41, 5.74) is -4.42. The molecule has 3 saturated carbocycles. The first-order valence-corrected chi connectivity index (χ1v) is 13.4. The van der Waals surface area contributed by atoms with Crippen molar-refractivity contribution in [2.45, 2.75) is 101 Å². The van der Waals surface area contributed by atoms with Gasteiger partial charge < -0.3 is 30.3 Å². The summed E-state index contributed by atoms with van der Waals surface area (Å²) < 4.78 is 22.7. The molecule has 5 rings (SSSR count). The number of alkyl halides is 1. The van der Waals surface area contributed by atoms with E-state index in [0.717, 1.165) is 5.57 Å². The molecule has 0 radical (unpaired) electrons. The number of fused-ring (bicyclic) bond motifs is 5. The van der Waals surface area contributed by atoms with Gasteiger partial charge in [0, 0.05) is 17.3 Å². The number of carbonyl (C=O) groups excluding carboxylic acids is 2. The zero-order chi connectivity index (χ0) is 27.1. The number of halogens is 1. The SMILES string of the molecule is CC1C[C@H]2[C@@H]3CCC4=CC(=O)C=C[C@]4(C)[C@@]3(F)CC[C@]2(C)[C@@]1(O)C(=O)CC1O[C@H](CO)[C@H](O)[C@H](O)[C@H]1O. The minimum absolute atomic E-state index is 0.127. The van der Waals surface area contributed by atoms with Gasteiger partial charge in [0.2, 0.25) is 0 Å². The lowest BCUT2D eigenvalue weighted by Crippen LogP contribution is -2.64. The summed E-state index contributed by atoms with van der Waals surface area (Å²) in [7, 11) is 0. The van der Waals surface area contributed by atoms with Gasteiger partial charge in [0.1, 0.15) is 35.7 Å². The number of aliphatic hydroxyl groups excluding tert-OH is 4. The summed E-state index contributed by atoms with van der Waals surface area (Å²) in [5.74, 6) is -1.82. The highest BCUT2D eigenvalue weighted by Gasteiger charge is 2.73. The number of ether oxygens (including phenoxy) is 1. The van der Waals surface area contributed by atoms with Crippen LogP contribution < -0.4 is 0 Å². The number of aliphatic hydroxyl groups is 5. The van der Waals surface area contributed by atoms with Crippen molar-refractivity contribution in [1.82, 2.24) is 0 Å². The fraction of sp³-hybridized carbons (Fsp3) is 0.786. The van der Waals surface area contributed by atoms with Crippen molar-refractivity contribution < 1.29 is 44.2 Å². The maximum Gasteiger partial charge on any atom is 0.178 e. The Morgan fingerprint density at radius 1 is 1.11 bits per heavy atom. The molecular formula is C28H39FO8. The average molecular weight is 523 g/mol. The van der Waals surface area contributed by atoms with Gasteiger partial charge in [0.25, 0.3) is 0 Å². The predicted molar refractivity (Wildman–Crippen MR) is 130 cm³/mol. The molecule has 4 fully saturated rings. The standard InChI is InChI=1S/C28H39FO8/c1-14-10-18-17-5-4-15-11-16(31)6-7-25(15,2)27(17,29)9-8-26(18,3)28(14,36)21(32)12-19-22(33)24(35)23(34)20(13-30)37-19/h6-7,11,14,17-20,22-24,30,33-36H,4-5,8-10,12-13H2,1-3H3/t14?,17-,18-,19?,20+,22-,23-,24+,25-,26-,27+,28-/m0/s1. The first-order valence-electron chi connectivity index (χ1n) is 13.4. The highest BCUT2D eigenvalue weighted by Crippen LogP contribution is 2.70. The van der Waals surface area contributed by atoms with Crippen LogP contribution in [0, 0.1) is 28.6 Å². The van der Waals surface area contributed by atoms with Crippen LogP contribution in [0.4, 0.5) is 4.39 Å². The lowest BCUT2D eigenvalue weighted by atomic mass is 9.45. The molecule has 206 valence electrons. The Morgan fingerprint density at radius 2 is 1.78 bits per heavy atom. The molecule has 8 nitrogen and oxygen atoms in total. The molecule has 0 spiro atoms. The number of hydrogen-bond donors (Lipinski definition) is 5. The van der Waals surface area contributed by atoms with Gasteiger partial charge >= 0.3 is 0 Å². The smallest absolute Gasteiger partial charge is 0.178 e. The first-order chi connectivity index (χ1) is 17.2. The van der Waals surface area contributed by atoms with Crippen LogP contribution in [0.2, 0.25) is 0 Å². The molecule has 1 saturated heterocycles. The molecule has 0 amide bonds. The molecule has 1 heterocycles. The van der Waals surface area contributed by atoms with Crippen LogP contribution in [-0.4, -0.2) is 85.5 Å². The van der Waals surface area contributed by atoms with Gasteiger partial charge in [-0.15, -0.1) is 0 Å². The van der Waals surface area contributed by atoms with Crippen LogP contribution in [0.5, 0.6) is 0 Å². The maximum atomic E-state index is 17.1. The maximum absolute atomic E-state index is 17.1. The van der Waals surface area contributed by atoms with E-state index >= 15 is 4.39 Å². The molecule has 5 aliphatic rings. The molecule has 2 unspecified atom stereocenters. The highest BCUT2D eigenvalue weighted by molar-refractivity contribution is 6.01. The molecule has 0 aromatic rings. The Hall–Kier alpha value is -1.49. The van der Waals surface area contributed by atoms with Crippen molar-refractivity contribution in [3.05, 3.63) is 23.8 Å². The summed E-state index contributed by atoms with van der Waals surface area (Å²) in [6, 6.07) is 0. The minimum atomic E-state index is -1.80. The predicted octanol–water partition coefficient (Wildman–Crippen LogP) is 1.17. The first kappa shape index (κ1) is 27.1. The lowest BCUT2D eigenvalue weighted by Gasteiger charge is -2.61. The lowest BCUT2D eigenvalue weighted by molar-refractivity contribution is -0.232. The van der Waals surface area contributed by atoms with Crippen molar-refractivity contribution in [3.63, 3.8) is 0 Å². The summed E-state index contributed by atoms with van der Waals surface area (Å²) in [6.45, 7) is 4.90. The zero-order valence-electron chi connectivity index (χ0n) is 21.6. The highest BCUT2D eigenvalue weighted by atomic mass is 19.1. The fourth-order valence-corrected chi connectivity index (χ4v) is 8.71. The van der Waals surface area contributed by atoms with Crippen LogP contribution in [-0.2, 0) is 14.3 Å². The van der Waals surface area contributed by atoms with E-state index in [-0.39, 0.29) is 24.5 Å². The van der Waals surface area contributed by atoms with Gasteiger partial charge in [0.05, 0.1) is 12.7 Å². The number of ketones is 2. The Kier molecular flexibility index (Phi) is 6.41. The number of hydrogen-bond acceptors (Lipinski definition) is 8. The second-order valence-corrected chi connectivity index (χ2v) is 12.5. The van der Waals surface area contributed by atoms with Crippen molar-refractivity contribution in [1.29, 1.82) is 0 Å². The molecule has 0 aromatic carbocycles. The quantitative estimate of drug-likeness (QED) is 0.370. The third-order valence-corrected chi connectivity index (χ3v) is 11.0. The molecule has 4 aliphatic carbocycles. The van der Waals surface area contributed by atoms with Crippen LogP contribution in [0.3, 0.4) is 0 Å². The topological polar surface area (TPSA) is 145 Å². The molecular weight excluding hydrogens is 483 g/mol. The van der Waals surface area contributed by atoms with E-state index in [0.29, 0.717) is 19.3 Å². The van der Waals surface area contributed by atoms with Crippen molar-refractivity contribution in [2.75, 3.05) is 6.61 Å². The van der Waals surface area contributed by atoms with Gasteiger partial charge in [0.15, 0.2) is 11.6 Å². The van der Waals surface area contributed by atoms with E-state index in [1.165, 1.54) is 6.08 Å². The Morgan fingerprint density at radius 3 is 2.46 bits per heavy atom. The van der Waals surface area contributed by atoms with Crippen LogP contribution in [0.15, 0.2) is 23.8 Å². The van der Waals surface area contributed by atoms with Gasteiger partial charge in [-0.1, -0.05) is 25.5 Å². The molecule has 12 atom stereocenters. The number of carbonyl (C=O) groups is 2. The molecule has 0 bridgehead atoms. The average Bonchev–Trinajstić information content (AvgIpc) is 3.07. The van der Waals surface area contributed by atoms with E-state index in [2.05, 4.69) is 0 Å². The summed E-state index contributed by atoms with van der Waals surface area (Å²) in [5, 5.41) is 52.3. The molecule has 1 aliphatic heterocycles. The Balaban J connectivity index is 1.43. The number of allylic oxidation sites excluding steroid dienone is 4. The minimum Gasteiger partial charge on any atom is -0.394 e. The monoisotopic (exact) mass is 522 g/mol. The van der Waals surface area contributed by atoms with E-state index < -0.39 is 83.3 Å². The second kappa shape index (κ2) is 8.76. The normalized spacial score (nSPS) is 53.2. The van der Waals surface area contributed by atoms with Crippen molar-refractivity contribution in [3.8, 4) is 0 Å². The van der Waals surface area contributed by atoms with Gasteiger partial charge in [-0.2, -0.15) is 0 Å². The molecule has 5 N–H and O–H groups in total. The third-order valence-electron chi connectivity index (χ3n) is 11.0. The van der Waals surface area contributed by atoms with E-state index in [1.807, 2.05) is 13.8 Å². The van der Waals surface area contributed by atoms with Crippen LogP contribution in [0.1, 0.15) is 59.3 Å². The Bertz CT molecular complexity index is 1040. The largest absolute Gasteiger partial charge is 0.394 e. The van der Waals surface area contributed by atoms with Crippen LogP contribution in [0.25, 0.3) is 0 Å². The summed E-state index contributed by atoms with van der Waals surface area (Å²) in [4.78, 5) is 25.8. The van der Waals surface area contributed by atoms with Crippen molar-refractivity contribution >= 4 is 11.6 Å².